The predicted molar refractivity (Wildman–Crippen MR) is 59.5 cm³/mol. The highest BCUT2D eigenvalue weighted by Crippen LogP contribution is 2.20. The molecule has 3 nitrogen and oxygen atoms in total. The van der Waals surface area contributed by atoms with E-state index >= 15 is 0 Å². The van der Waals surface area contributed by atoms with E-state index in [1.807, 2.05) is 0 Å². The Bertz CT molecular complexity index is 431. The van der Waals surface area contributed by atoms with Crippen LogP contribution in [0.1, 0.15) is 5.56 Å². The van der Waals surface area contributed by atoms with Crippen LogP contribution in [0.3, 0.4) is 0 Å². The minimum atomic E-state index is -3.44. The summed E-state index contributed by atoms with van der Waals surface area (Å²) >= 11 is 11.0. The van der Waals surface area contributed by atoms with E-state index in [1.54, 1.807) is 25.1 Å². The van der Waals surface area contributed by atoms with Gasteiger partial charge < -0.3 is 0 Å². The topological polar surface area (TPSA) is 46.2 Å². The number of anilines is 1. The lowest BCUT2D eigenvalue weighted by Crippen LogP contribution is -2.14. The number of halogens is 2. The van der Waals surface area contributed by atoms with Crippen LogP contribution in [0.15, 0.2) is 18.2 Å². The van der Waals surface area contributed by atoms with E-state index in [1.165, 1.54) is 0 Å². The molecule has 6 heteroatoms. The number of aryl methyl sites for hydroxylation is 1. The molecule has 1 aromatic carbocycles. The summed E-state index contributed by atoms with van der Waals surface area (Å²) in [5.41, 5.74) is 1.25. The average molecular weight is 254 g/mol. The maximum Gasteiger partial charge on any atom is 0.246 e. The van der Waals surface area contributed by atoms with Crippen molar-refractivity contribution in [2.45, 2.75) is 6.92 Å². The SMILES string of the molecule is Cc1cc(Cl)ccc1NS(=O)(=O)CCl. The molecule has 0 radical (unpaired) electrons. The molecule has 0 saturated heterocycles. The van der Waals surface area contributed by atoms with Gasteiger partial charge in [-0.3, -0.25) is 4.72 Å². The third kappa shape index (κ3) is 3.04. The van der Waals surface area contributed by atoms with E-state index in [2.05, 4.69) is 4.72 Å². The van der Waals surface area contributed by atoms with Crippen LogP contribution in [0.2, 0.25) is 5.02 Å². The molecule has 1 aromatic rings. The second kappa shape index (κ2) is 4.38. The zero-order valence-electron chi connectivity index (χ0n) is 7.42. The van der Waals surface area contributed by atoms with Crippen molar-refractivity contribution < 1.29 is 8.42 Å². The van der Waals surface area contributed by atoms with Crippen LogP contribution in [-0.4, -0.2) is 13.6 Å². The summed E-state index contributed by atoms with van der Waals surface area (Å²) < 4.78 is 24.6. The largest absolute Gasteiger partial charge is 0.282 e. The van der Waals surface area contributed by atoms with Gasteiger partial charge in [-0.25, -0.2) is 8.42 Å². The van der Waals surface area contributed by atoms with Crippen LogP contribution in [0, 0.1) is 6.92 Å². The third-order valence-corrected chi connectivity index (χ3v) is 3.51. The Kier molecular flexibility index (Phi) is 3.64. The Morgan fingerprint density at radius 3 is 2.57 bits per heavy atom. The summed E-state index contributed by atoms with van der Waals surface area (Å²) in [6, 6.07) is 4.88. The van der Waals surface area contributed by atoms with Crippen molar-refractivity contribution in [2.75, 3.05) is 9.93 Å². The van der Waals surface area contributed by atoms with Crippen molar-refractivity contribution in [3.05, 3.63) is 28.8 Å². The number of alkyl halides is 1. The zero-order chi connectivity index (χ0) is 10.8. The molecule has 1 N–H and O–H groups in total. The molecule has 0 aliphatic carbocycles. The highest BCUT2D eigenvalue weighted by Gasteiger charge is 2.09. The molecule has 0 aliphatic heterocycles. The molecular formula is C8H9Cl2NO2S. The van der Waals surface area contributed by atoms with Crippen molar-refractivity contribution in [1.29, 1.82) is 0 Å². The van der Waals surface area contributed by atoms with Crippen LogP contribution >= 0.6 is 23.2 Å². The van der Waals surface area contributed by atoms with Gasteiger partial charge in [0.15, 0.2) is 0 Å². The molecule has 0 unspecified atom stereocenters. The zero-order valence-corrected chi connectivity index (χ0v) is 9.75. The van der Waals surface area contributed by atoms with E-state index in [0.29, 0.717) is 10.7 Å². The Balaban J connectivity index is 2.99. The van der Waals surface area contributed by atoms with Gasteiger partial charge in [0, 0.05) is 5.02 Å². The van der Waals surface area contributed by atoms with E-state index in [-0.39, 0.29) is 0 Å². The van der Waals surface area contributed by atoms with Gasteiger partial charge in [-0.15, -0.1) is 11.6 Å². The Labute approximate surface area is 93.1 Å². The molecule has 0 amide bonds. The van der Waals surface area contributed by atoms with Crippen molar-refractivity contribution in [3.8, 4) is 0 Å². The molecular weight excluding hydrogens is 245 g/mol. The highest BCUT2D eigenvalue weighted by molar-refractivity contribution is 7.93. The molecule has 0 atom stereocenters. The Hall–Kier alpha value is -0.450. The van der Waals surface area contributed by atoms with Crippen LogP contribution < -0.4 is 4.72 Å². The lowest BCUT2D eigenvalue weighted by molar-refractivity contribution is 0.605. The fourth-order valence-electron chi connectivity index (χ4n) is 0.936. The van der Waals surface area contributed by atoms with Gasteiger partial charge in [-0.05, 0) is 30.7 Å². The fourth-order valence-corrected chi connectivity index (χ4v) is 1.95. The molecule has 0 saturated carbocycles. The molecule has 0 aliphatic rings. The Morgan fingerprint density at radius 1 is 1.43 bits per heavy atom. The van der Waals surface area contributed by atoms with Crippen LogP contribution in [0.5, 0.6) is 0 Å². The molecule has 1 rings (SSSR count). The first-order valence-electron chi connectivity index (χ1n) is 3.77. The highest BCUT2D eigenvalue weighted by atomic mass is 35.5. The normalized spacial score (nSPS) is 11.4. The number of nitrogens with one attached hydrogen (secondary N) is 1. The van der Waals surface area contributed by atoms with E-state index < -0.39 is 15.2 Å². The minimum absolute atomic E-state index is 0.463. The molecule has 14 heavy (non-hydrogen) atoms. The van der Waals surface area contributed by atoms with Crippen molar-refractivity contribution >= 4 is 38.9 Å². The lowest BCUT2D eigenvalue weighted by Gasteiger charge is -2.08. The van der Waals surface area contributed by atoms with Gasteiger partial charge in [-0.2, -0.15) is 0 Å². The summed E-state index contributed by atoms with van der Waals surface area (Å²) in [7, 11) is -3.44. The van der Waals surface area contributed by atoms with Crippen molar-refractivity contribution in [1.82, 2.24) is 0 Å². The number of hydrogen-bond acceptors (Lipinski definition) is 2. The summed E-state index contributed by atoms with van der Waals surface area (Å²) in [4.78, 5) is 0. The van der Waals surface area contributed by atoms with E-state index in [4.69, 9.17) is 23.2 Å². The smallest absolute Gasteiger partial charge is 0.246 e. The maximum atomic E-state index is 11.1. The summed E-state index contributed by atoms with van der Waals surface area (Å²) in [6.45, 7) is 1.76. The molecule has 0 aromatic heterocycles. The second-order valence-corrected chi connectivity index (χ2v) is 5.53. The number of hydrogen-bond donors (Lipinski definition) is 1. The van der Waals surface area contributed by atoms with Gasteiger partial charge in [0.1, 0.15) is 5.21 Å². The first-order valence-corrected chi connectivity index (χ1v) is 6.34. The van der Waals surface area contributed by atoms with Gasteiger partial charge in [-0.1, -0.05) is 11.6 Å². The van der Waals surface area contributed by atoms with Gasteiger partial charge in [0.2, 0.25) is 10.0 Å². The van der Waals surface area contributed by atoms with E-state index in [0.717, 1.165) is 5.56 Å². The van der Waals surface area contributed by atoms with Gasteiger partial charge >= 0.3 is 0 Å². The second-order valence-electron chi connectivity index (χ2n) is 2.79. The fraction of sp³-hybridized carbons (Fsp3) is 0.250. The van der Waals surface area contributed by atoms with Crippen molar-refractivity contribution in [2.24, 2.45) is 0 Å². The molecule has 78 valence electrons. The number of rotatable bonds is 3. The molecule has 0 fully saturated rings. The van der Waals surface area contributed by atoms with Crippen LogP contribution in [0.25, 0.3) is 0 Å². The van der Waals surface area contributed by atoms with Gasteiger partial charge in [0.05, 0.1) is 5.69 Å². The van der Waals surface area contributed by atoms with E-state index in [9.17, 15) is 8.42 Å². The number of benzene rings is 1. The average Bonchev–Trinajstić information content (AvgIpc) is 2.10. The first-order chi connectivity index (χ1) is 6.44. The summed E-state index contributed by atoms with van der Waals surface area (Å²) in [5, 5.41) is 0.103. The predicted octanol–water partition coefficient (Wildman–Crippen LogP) is 2.59. The van der Waals surface area contributed by atoms with Crippen molar-refractivity contribution in [3.63, 3.8) is 0 Å². The Morgan fingerprint density at radius 2 is 2.07 bits per heavy atom. The molecule has 0 bridgehead atoms. The minimum Gasteiger partial charge on any atom is -0.282 e. The molecule has 0 spiro atoms. The summed E-state index contributed by atoms with van der Waals surface area (Å²) in [6.07, 6.45) is 0. The van der Waals surface area contributed by atoms with Crippen LogP contribution in [-0.2, 0) is 10.0 Å². The lowest BCUT2D eigenvalue weighted by atomic mass is 10.2. The first kappa shape index (κ1) is 11.6. The molecule has 0 heterocycles. The standard InChI is InChI=1S/C8H9Cl2NO2S/c1-6-4-7(10)2-3-8(6)11-14(12,13)5-9/h2-4,11H,5H2,1H3. The number of sulfonamides is 1. The van der Waals surface area contributed by atoms with Crippen LogP contribution in [0.4, 0.5) is 5.69 Å². The quantitative estimate of drug-likeness (QED) is 0.842. The third-order valence-electron chi connectivity index (χ3n) is 1.60. The summed E-state index contributed by atoms with van der Waals surface area (Å²) in [5.74, 6) is 0. The maximum absolute atomic E-state index is 11.1. The monoisotopic (exact) mass is 253 g/mol. The van der Waals surface area contributed by atoms with Gasteiger partial charge in [0.25, 0.3) is 0 Å².